The number of hydrogen-bond donors (Lipinski definition) is 2. The van der Waals surface area contributed by atoms with Crippen LogP contribution in [0, 0.1) is 5.92 Å². The second-order valence-corrected chi connectivity index (χ2v) is 7.92. The number of nitrogens with one attached hydrogen (secondary N) is 2. The molecule has 3 rings (SSSR count). The summed E-state index contributed by atoms with van der Waals surface area (Å²) in [6.45, 7) is 4.28. The maximum Gasteiger partial charge on any atom is 0.421 e. The number of nitrogens with zero attached hydrogens (tertiary/aromatic N) is 2. The van der Waals surface area contributed by atoms with Crippen molar-refractivity contribution in [2.75, 3.05) is 10.6 Å². The Balaban J connectivity index is 1.86. The quantitative estimate of drug-likeness (QED) is 0.414. The van der Waals surface area contributed by atoms with Crippen LogP contribution in [0.25, 0.3) is 0 Å². The van der Waals surface area contributed by atoms with Crippen molar-refractivity contribution in [3.05, 3.63) is 70.3 Å². The highest BCUT2D eigenvalue weighted by Gasteiger charge is 2.35. The molecule has 0 fully saturated rings. The van der Waals surface area contributed by atoms with Crippen molar-refractivity contribution >= 4 is 39.1 Å². The first kappa shape index (κ1) is 21.1. The summed E-state index contributed by atoms with van der Waals surface area (Å²) in [5, 5.41) is 5.70. The lowest BCUT2D eigenvalue weighted by Gasteiger charge is -2.15. The molecule has 0 aliphatic carbocycles. The summed E-state index contributed by atoms with van der Waals surface area (Å²) in [5.41, 5.74) is 1.43. The van der Waals surface area contributed by atoms with Crippen LogP contribution in [0.5, 0.6) is 0 Å². The fourth-order valence-corrected chi connectivity index (χ4v) is 3.17. The van der Waals surface area contributed by atoms with Gasteiger partial charge in [0.15, 0.2) is 0 Å². The van der Waals surface area contributed by atoms with E-state index in [1.165, 1.54) is 5.56 Å². The van der Waals surface area contributed by atoms with Crippen LogP contribution in [-0.2, 0) is 12.6 Å². The van der Waals surface area contributed by atoms with Gasteiger partial charge in [0, 0.05) is 22.0 Å². The van der Waals surface area contributed by atoms with Crippen molar-refractivity contribution in [1.82, 2.24) is 9.97 Å². The largest absolute Gasteiger partial charge is 0.421 e. The summed E-state index contributed by atoms with van der Waals surface area (Å²) in [6.07, 6.45) is -2.84. The average molecular weight is 465 g/mol. The molecule has 0 radical (unpaired) electrons. The van der Waals surface area contributed by atoms with Gasteiger partial charge >= 0.3 is 6.18 Å². The lowest BCUT2D eigenvalue weighted by Crippen LogP contribution is -2.12. The highest BCUT2D eigenvalue weighted by atomic mass is 79.9. The molecule has 4 nitrogen and oxygen atoms in total. The van der Waals surface area contributed by atoms with Crippen molar-refractivity contribution in [3.8, 4) is 0 Å². The lowest BCUT2D eigenvalue weighted by molar-refractivity contribution is -0.137. The van der Waals surface area contributed by atoms with Crippen LogP contribution in [0.1, 0.15) is 25.0 Å². The first-order valence-electron chi connectivity index (χ1n) is 9.03. The Kier molecular flexibility index (Phi) is 6.42. The van der Waals surface area contributed by atoms with Gasteiger partial charge in [0.2, 0.25) is 5.95 Å². The topological polar surface area (TPSA) is 49.8 Å². The maximum atomic E-state index is 13.4. The molecule has 1 heterocycles. The molecule has 1 aromatic heterocycles. The molecule has 152 valence electrons. The van der Waals surface area contributed by atoms with Crippen LogP contribution in [0.3, 0.4) is 0 Å². The molecule has 2 aromatic carbocycles. The summed E-state index contributed by atoms with van der Waals surface area (Å²) in [4.78, 5) is 7.90. The standard InChI is InChI=1S/C21H20BrF3N4/c1-13(2)10-14-6-8-16(9-7-14)28-20-26-12-18(21(23,24)25)19(29-20)27-17-5-3-4-15(22)11-17/h3-9,11-13H,10H2,1-2H3,(H2,26,27,28,29). The van der Waals surface area contributed by atoms with Crippen LogP contribution in [-0.4, -0.2) is 9.97 Å². The van der Waals surface area contributed by atoms with E-state index in [9.17, 15) is 13.2 Å². The zero-order valence-electron chi connectivity index (χ0n) is 15.9. The minimum absolute atomic E-state index is 0.0760. The van der Waals surface area contributed by atoms with E-state index in [1.54, 1.807) is 24.3 Å². The lowest BCUT2D eigenvalue weighted by atomic mass is 10.0. The van der Waals surface area contributed by atoms with Crippen molar-refractivity contribution in [2.24, 2.45) is 5.92 Å². The molecule has 0 saturated heterocycles. The zero-order chi connectivity index (χ0) is 21.0. The number of benzene rings is 2. The zero-order valence-corrected chi connectivity index (χ0v) is 17.5. The second-order valence-electron chi connectivity index (χ2n) is 7.01. The van der Waals surface area contributed by atoms with Crippen molar-refractivity contribution in [1.29, 1.82) is 0 Å². The van der Waals surface area contributed by atoms with Gasteiger partial charge in [0.05, 0.1) is 0 Å². The summed E-state index contributed by atoms with van der Waals surface area (Å²) >= 11 is 3.31. The molecule has 0 bridgehead atoms. The molecule has 0 aliphatic heterocycles. The Hall–Kier alpha value is -2.61. The second kappa shape index (κ2) is 8.82. The van der Waals surface area contributed by atoms with Gasteiger partial charge in [0.25, 0.3) is 0 Å². The highest BCUT2D eigenvalue weighted by molar-refractivity contribution is 9.10. The van der Waals surface area contributed by atoms with Crippen molar-refractivity contribution < 1.29 is 13.2 Å². The van der Waals surface area contributed by atoms with E-state index >= 15 is 0 Å². The molecule has 3 aromatic rings. The Morgan fingerprint density at radius 3 is 2.34 bits per heavy atom. The third-order valence-electron chi connectivity index (χ3n) is 4.04. The first-order chi connectivity index (χ1) is 13.7. The molecule has 2 N–H and O–H groups in total. The van der Waals surface area contributed by atoms with Gasteiger partial charge < -0.3 is 10.6 Å². The maximum absolute atomic E-state index is 13.4. The number of anilines is 4. The van der Waals surface area contributed by atoms with Gasteiger partial charge in [-0.15, -0.1) is 0 Å². The Morgan fingerprint density at radius 2 is 1.72 bits per heavy atom. The minimum Gasteiger partial charge on any atom is -0.340 e. The van der Waals surface area contributed by atoms with E-state index in [0.29, 0.717) is 17.3 Å². The fraction of sp³-hybridized carbons (Fsp3) is 0.238. The number of hydrogen-bond acceptors (Lipinski definition) is 4. The van der Waals surface area contributed by atoms with Gasteiger partial charge in [-0.1, -0.05) is 48.0 Å². The molecular weight excluding hydrogens is 445 g/mol. The molecular formula is C21H20BrF3N4. The Labute approximate surface area is 175 Å². The van der Waals surface area contributed by atoms with Gasteiger partial charge in [-0.05, 0) is 48.2 Å². The third kappa shape index (κ3) is 5.93. The average Bonchev–Trinajstić information content (AvgIpc) is 2.62. The van der Waals surface area contributed by atoms with E-state index in [2.05, 4.69) is 50.4 Å². The molecule has 0 spiro atoms. The third-order valence-corrected chi connectivity index (χ3v) is 4.53. The van der Waals surface area contributed by atoms with Gasteiger partial charge in [-0.2, -0.15) is 18.2 Å². The van der Waals surface area contributed by atoms with Crippen LogP contribution >= 0.6 is 15.9 Å². The molecule has 0 aliphatic rings. The molecule has 29 heavy (non-hydrogen) atoms. The van der Waals surface area contributed by atoms with Gasteiger partial charge in [0.1, 0.15) is 11.4 Å². The van der Waals surface area contributed by atoms with Gasteiger partial charge in [-0.25, -0.2) is 4.98 Å². The summed E-state index contributed by atoms with van der Waals surface area (Å²) in [5.74, 6) is 0.301. The molecule has 0 atom stereocenters. The summed E-state index contributed by atoms with van der Waals surface area (Å²) in [6, 6.07) is 14.5. The smallest absolute Gasteiger partial charge is 0.340 e. The van der Waals surface area contributed by atoms with Crippen LogP contribution in [0.4, 0.5) is 36.3 Å². The van der Waals surface area contributed by atoms with E-state index in [1.807, 2.05) is 24.3 Å². The minimum atomic E-state index is -4.58. The predicted molar refractivity (Wildman–Crippen MR) is 113 cm³/mol. The van der Waals surface area contributed by atoms with E-state index in [4.69, 9.17) is 0 Å². The van der Waals surface area contributed by atoms with E-state index < -0.39 is 11.7 Å². The number of aromatic nitrogens is 2. The highest BCUT2D eigenvalue weighted by Crippen LogP contribution is 2.35. The van der Waals surface area contributed by atoms with E-state index in [-0.39, 0.29) is 11.8 Å². The van der Waals surface area contributed by atoms with Crippen molar-refractivity contribution in [3.63, 3.8) is 0 Å². The number of alkyl halides is 3. The monoisotopic (exact) mass is 464 g/mol. The molecule has 0 saturated carbocycles. The Bertz CT molecular complexity index is 972. The molecule has 0 amide bonds. The molecule has 0 unspecified atom stereocenters. The van der Waals surface area contributed by atoms with Crippen molar-refractivity contribution in [2.45, 2.75) is 26.4 Å². The fourth-order valence-electron chi connectivity index (χ4n) is 2.77. The van der Waals surface area contributed by atoms with Crippen LogP contribution < -0.4 is 10.6 Å². The number of rotatable bonds is 6. The SMILES string of the molecule is CC(C)Cc1ccc(Nc2ncc(C(F)(F)F)c(Nc3cccc(Br)c3)n2)cc1. The van der Waals surface area contributed by atoms with Crippen LogP contribution in [0.2, 0.25) is 0 Å². The predicted octanol–water partition coefficient (Wildman–Crippen LogP) is 6.94. The normalized spacial score (nSPS) is 11.6. The molecule has 8 heteroatoms. The van der Waals surface area contributed by atoms with Crippen LogP contribution in [0.15, 0.2) is 59.2 Å². The Morgan fingerprint density at radius 1 is 1.00 bits per heavy atom. The first-order valence-corrected chi connectivity index (χ1v) is 9.83. The van der Waals surface area contributed by atoms with E-state index in [0.717, 1.165) is 17.1 Å². The van der Waals surface area contributed by atoms with Gasteiger partial charge in [-0.3, -0.25) is 0 Å². The number of halogens is 4. The summed E-state index contributed by atoms with van der Waals surface area (Å²) < 4.78 is 40.9. The summed E-state index contributed by atoms with van der Waals surface area (Å²) in [7, 11) is 0.